The molecule has 116 valence electrons. The van der Waals surface area contributed by atoms with Crippen LogP contribution in [0.15, 0.2) is 30.6 Å². The van der Waals surface area contributed by atoms with Gasteiger partial charge in [-0.15, -0.1) is 0 Å². The van der Waals surface area contributed by atoms with Gasteiger partial charge in [0, 0.05) is 19.0 Å². The van der Waals surface area contributed by atoms with Gasteiger partial charge in [-0.1, -0.05) is 12.1 Å². The molecule has 0 bridgehead atoms. The Morgan fingerprint density at radius 1 is 1.50 bits per heavy atom. The monoisotopic (exact) mass is 302 g/mol. The number of carbonyl (C=O) groups is 1. The fraction of sp³-hybridized carbons (Fsp3) is 0.400. The van der Waals surface area contributed by atoms with Crippen molar-refractivity contribution in [1.29, 1.82) is 0 Å². The van der Waals surface area contributed by atoms with Crippen molar-refractivity contribution in [2.24, 2.45) is 0 Å². The Kier molecular flexibility index (Phi) is 4.06. The van der Waals surface area contributed by atoms with Crippen molar-refractivity contribution in [3.8, 4) is 5.75 Å². The van der Waals surface area contributed by atoms with Crippen molar-refractivity contribution in [3.63, 3.8) is 0 Å². The van der Waals surface area contributed by atoms with E-state index in [2.05, 4.69) is 15.2 Å². The van der Waals surface area contributed by atoms with Crippen molar-refractivity contribution in [2.45, 2.75) is 18.4 Å². The first-order valence-corrected chi connectivity index (χ1v) is 7.15. The zero-order valence-corrected chi connectivity index (χ0v) is 12.3. The zero-order valence-electron chi connectivity index (χ0n) is 12.3. The lowest BCUT2D eigenvalue weighted by molar-refractivity contribution is 0.0373. The molecular weight excluding hydrogens is 284 g/mol. The number of aliphatic hydroxyl groups excluding tert-OH is 1. The smallest absolute Gasteiger partial charge is 0.291 e. The quantitative estimate of drug-likeness (QED) is 0.875. The normalized spacial score (nSPS) is 21.6. The van der Waals surface area contributed by atoms with Crippen LogP contribution >= 0.6 is 0 Å². The van der Waals surface area contributed by atoms with Crippen LogP contribution in [0, 0.1) is 0 Å². The van der Waals surface area contributed by atoms with E-state index in [9.17, 15) is 9.90 Å². The van der Waals surface area contributed by atoms with Gasteiger partial charge in [0.15, 0.2) is 0 Å². The first-order chi connectivity index (χ1) is 10.7. The Hall–Kier alpha value is -2.41. The minimum atomic E-state index is -0.618. The number of piperidine rings is 1. The lowest BCUT2D eigenvalue weighted by Gasteiger charge is -2.35. The third-order valence-electron chi connectivity index (χ3n) is 4.01. The average Bonchev–Trinajstić information content (AvgIpc) is 3.08. The van der Waals surface area contributed by atoms with Crippen molar-refractivity contribution in [3.05, 3.63) is 42.0 Å². The lowest BCUT2D eigenvalue weighted by Crippen LogP contribution is -2.46. The number of aliphatic hydroxyl groups is 1. The van der Waals surface area contributed by atoms with Gasteiger partial charge >= 0.3 is 0 Å². The number of benzene rings is 1. The van der Waals surface area contributed by atoms with Crippen LogP contribution in [0.5, 0.6) is 5.75 Å². The van der Waals surface area contributed by atoms with Crippen LogP contribution in [0.25, 0.3) is 0 Å². The fourth-order valence-corrected chi connectivity index (χ4v) is 2.84. The Morgan fingerprint density at radius 2 is 2.36 bits per heavy atom. The van der Waals surface area contributed by atoms with Gasteiger partial charge in [0.25, 0.3) is 5.91 Å². The maximum atomic E-state index is 12.2. The van der Waals surface area contributed by atoms with E-state index in [1.807, 2.05) is 24.3 Å². The summed E-state index contributed by atoms with van der Waals surface area (Å²) in [4.78, 5) is 17.7. The summed E-state index contributed by atoms with van der Waals surface area (Å²) in [5, 5.41) is 16.7. The Balaban J connectivity index is 1.71. The van der Waals surface area contributed by atoms with Crippen LogP contribution in [0.3, 0.4) is 0 Å². The molecule has 0 spiro atoms. The van der Waals surface area contributed by atoms with Gasteiger partial charge in [-0.3, -0.25) is 9.89 Å². The van der Waals surface area contributed by atoms with E-state index in [-0.39, 0.29) is 24.2 Å². The molecule has 0 unspecified atom stereocenters. The summed E-state index contributed by atoms with van der Waals surface area (Å²) in [6.07, 6.45) is 1.37. The first-order valence-electron chi connectivity index (χ1n) is 7.15. The summed E-state index contributed by atoms with van der Waals surface area (Å²) in [6, 6.07) is 7.69. The number of nitrogens with zero attached hydrogens (tertiary/aromatic N) is 3. The average molecular weight is 302 g/mol. The minimum Gasteiger partial charge on any atom is -0.497 e. The molecular formula is C15H18N4O3. The van der Waals surface area contributed by atoms with Gasteiger partial charge in [-0.05, 0) is 24.1 Å². The van der Waals surface area contributed by atoms with E-state index in [0.717, 1.165) is 11.3 Å². The van der Waals surface area contributed by atoms with Crippen LogP contribution in [0.1, 0.15) is 28.5 Å². The predicted octanol–water partition coefficient (Wildman–Crippen LogP) is 0.804. The number of hydrogen-bond donors (Lipinski definition) is 2. The number of H-pyrrole nitrogens is 1. The number of nitrogens with one attached hydrogen (secondary N) is 1. The van der Waals surface area contributed by atoms with Gasteiger partial charge in [0.1, 0.15) is 12.1 Å². The Bertz CT molecular complexity index is 644. The summed E-state index contributed by atoms with van der Waals surface area (Å²) in [7, 11) is 1.62. The van der Waals surface area contributed by atoms with Crippen LogP contribution < -0.4 is 4.74 Å². The molecule has 1 aromatic heterocycles. The van der Waals surface area contributed by atoms with Gasteiger partial charge in [-0.25, -0.2) is 4.98 Å². The molecule has 2 heterocycles. The van der Waals surface area contributed by atoms with E-state index in [4.69, 9.17) is 4.74 Å². The van der Waals surface area contributed by atoms with E-state index < -0.39 is 6.10 Å². The predicted molar refractivity (Wildman–Crippen MR) is 78.6 cm³/mol. The highest BCUT2D eigenvalue weighted by atomic mass is 16.5. The van der Waals surface area contributed by atoms with Crippen LogP contribution in [-0.2, 0) is 0 Å². The van der Waals surface area contributed by atoms with Gasteiger partial charge in [0.05, 0.1) is 13.2 Å². The molecule has 2 aromatic rings. The summed E-state index contributed by atoms with van der Waals surface area (Å²) in [5.41, 5.74) is 1.03. The number of rotatable bonds is 3. The van der Waals surface area contributed by atoms with E-state index in [1.54, 1.807) is 12.0 Å². The van der Waals surface area contributed by atoms with Crippen molar-refractivity contribution < 1.29 is 14.6 Å². The second kappa shape index (κ2) is 6.15. The molecule has 0 aliphatic carbocycles. The van der Waals surface area contributed by atoms with Crippen LogP contribution in [0.4, 0.5) is 0 Å². The molecule has 7 nitrogen and oxygen atoms in total. The highest BCUT2D eigenvalue weighted by Gasteiger charge is 2.32. The molecule has 22 heavy (non-hydrogen) atoms. The molecule has 1 fully saturated rings. The van der Waals surface area contributed by atoms with Crippen molar-refractivity contribution >= 4 is 5.91 Å². The summed E-state index contributed by atoms with van der Waals surface area (Å²) in [6.45, 7) is 0.847. The maximum Gasteiger partial charge on any atom is 0.291 e. The fourth-order valence-electron chi connectivity index (χ4n) is 2.84. The van der Waals surface area contributed by atoms with Crippen LogP contribution in [0.2, 0.25) is 0 Å². The molecule has 1 amide bonds. The SMILES string of the molecule is COc1cccc([C@@H]2CCN(C(=O)c3ncn[nH]3)C[C@H]2O)c1. The lowest BCUT2D eigenvalue weighted by atomic mass is 9.87. The van der Waals surface area contributed by atoms with Crippen LogP contribution in [-0.4, -0.2) is 57.4 Å². The summed E-state index contributed by atoms with van der Waals surface area (Å²) >= 11 is 0. The maximum absolute atomic E-state index is 12.2. The third kappa shape index (κ3) is 2.80. The Labute approximate surface area is 127 Å². The second-order valence-electron chi connectivity index (χ2n) is 5.32. The number of methoxy groups -OCH3 is 1. The zero-order chi connectivity index (χ0) is 15.5. The Morgan fingerprint density at radius 3 is 3.05 bits per heavy atom. The molecule has 7 heteroatoms. The number of ether oxygens (including phenoxy) is 1. The summed E-state index contributed by atoms with van der Waals surface area (Å²) in [5.74, 6) is 0.728. The van der Waals surface area contributed by atoms with E-state index in [1.165, 1.54) is 6.33 Å². The number of aromatic nitrogens is 3. The molecule has 3 rings (SSSR count). The minimum absolute atomic E-state index is 0.00567. The molecule has 1 aliphatic rings. The molecule has 0 saturated carbocycles. The van der Waals surface area contributed by atoms with Gasteiger partial charge in [0.2, 0.25) is 5.82 Å². The summed E-state index contributed by atoms with van der Waals surface area (Å²) < 4.78 is 5.22. The van der Waals surface area contributed by atoms with Gasteiger partial charge in [-0.2, -0.15) is 5.10 Å². The number of carbonyl (C=O) groups excluding carboxylic acids is 1. The number of aromatic amines is 1. The molecule has 1 aliphatic heterocycles. The highest BCUT2D eigenvalue weighted by Crippen LogP contribution is 2.30. The third-order valence-corrected chi connectivity index (χ3v) is 4.01. The molecule has 2 atom stereocenters. The van der Waals surface area contributed by atoms with Crippen molar-refractivity contribution in [1.82, 2.24) is 20.1 Å². The first kappa shape index (κ1) is 14.5. The van der Waals surface area contributed by atoms with E-state index >= 15 is 0 Å². The number of amides is 1. The molecule has 1 aromatic carbocycles. The molecule has 2 N–H and O–H groups in total. The van der Waals surface area contributed by atoms with Crippen molar-refractivity contribution in [2.75, 3.05) is 20.2 Å². The number of β-amino-alcohol motifs (C(OH)–C–C–N with tert-alkyl or cyclic N) is 1. The second-order valence-corrected chi connectivity index (χ2v) is 5.32. The number of likely N-dealkylation sites (tertiary alicyclic amines) is 1. The highest BCUT2D eigenvalue weighted by molar-refractivity contribution is 5.90. The topological polar surface area (TPSA) is 91.3 Å². The molecule has 0 radical (unpaired) electrons. The van der Waals surface area contributed by atoms with E-state index in [0.29, 0.717) is 13.0 Å². The standard InChI is InChI=1S/C15H18N4O3/c1-22-11-4-2-3-10(7-11)12-5-6-19(8-13(12)20)15(21)14-16-9-17-18-14/h2-4,7,9,12-13,20H,5-6,8H2,1H3,(H,16,17,18)/t12-,13+/m0/s1. The van der Waals surface area contributed by atoms with Gasteiger partial charge < -0.3 is 14.7 Å². The largest absolute Gasteiger partial charge is 0.497 e. The number of hydrogen-bond acceptors (Lipinski definition) is 5. The molecule has 1 saturated heterocycles.